The normalized spacial score (nSPS) is 15.2. The van der Waals surface area contributed by atoms with E-state index in [-0.39, 0.29) is 11.8 Å². The van der Waals surface area contributed by atoms with E-state index in [0.717, 1.165) is 10.9 Å². The van der Waals surface area contributed by atoms with E-state index in [1.807, 2.05) is 6.07 Å². The van der Waals surface area contributed by atoms with Gasteiger partial charge in [-0.05, 0) is 18.2 Å². The maximum absolute atomic E-state index is 11.6. The maximum Gasteiger partial charge on any atom is 0.258 e. The van der Waals surface area contributed by atoms with E-state index in [4.69, 9.17) is 5.73 Å². The molecule has 5 nitrogen and oxygen atoms in total. The minimum absolute atomic E-state index is 0.367. The second kappa shape index (κ2) is 3.21. The molecule has 0 unspecified atom stereocenters. The van der Waals surface area contributed by atoms with Crippen molar-refractivity contribution in [3.63, 3.8) is 0 Å². The van der Waals surface area contributed by atoms with Gasteiger partial charge in [-0.1, -0.05) is 0 Å². The first-order valence-corrected chi connectivity index (χ1v) is 5.09. The molecule has 1 aliphatic rings. The summed E-state index contributed by atoms with van der Waals surface area (Å²) in [5.41, 5.74) is 8.26. The Morgan fingerprint density at radius 2 is 2.00 bits per heavy atom. The summed E-state index contributed by atoms with van der Waals surface area (Å²) in [6, 6.07) is 5.39. The van der Waals surface area contributed by atoms with Crippen molar-refractivity contribution in [3.05, 3.63) is 36.0 Å². The third kappa shape index (κ3) is 1.40. The van der Waals surface area contributed by atoms with Crippen LogP contribution in [0.2, 0.25) is 0 Å². The number of amides is 2. The first kappa shape index (κ1) is 9.65. The Bertz CT molecular complexity index is 682. The Morgan fingerprint density at radius 3 is 2.71 bits per heavy atom. The topological polar surface area (TPSA) is 88.0 Å². The summed E-state index contributed by atoms with van der Waals surface area (Å²) >= 11 is 0. The van der Waals surface area contributed by atoms with Crippen molar-refractivity contribution in [3.8, 4) is 0 Å². The number of anilines is 1. The summed E-state index contributed by atoms with van der Waals surface area (Å²) in [7, 11) is 0. The fraction of sp³-hybridized carbons (Fsp3) is 0. The Kier molecular flexibility index (Phi) is 1.82. The molecule has 2 heterocycles. The summed E-state index contributed by atoms with van der Waals surface area (Å²) in [5, 5.41) is 3.05. The number of aromatic amines is 1. The van der Waals surface area contributed by atoms with Crippen LogP contribution in [0.3, 0.4) is 0 Å². The first-order valence-electron chi connectivity index (χ1n) is 5.09. The van der Waals surface area contributed by atoms with Gasteiger partial charge in [0.2, 0.25) is 0 Å². The summed E-state index contributed by atoms with van der Waals surface area (Å²) in [4.78, 5) is 25.7. The molecule has 1 aliphatic heterocycles. The highest BCUT2D eigenvalue weighted by Gasteiger charge is 2.24. The molecular weight excluding hydrogens is 218 g/mol. The maximum atomic E-state index is 11.6. The van der Waals surface area contributed by atoms with E-state index in [9.17, 15) is 9.59 Å². The van der Waals surface area contributed by atoms with Gasteiger partial charge in [-0.3, -0.25) is 14.9 Å². The zero-order valence-electron chi connectivity index (χ0n) is 8.78. The molecule has 0 atom stereocenters. The predicted octanol–water partition coefficient (Wildman–Crippen LogP) is 0.790. The zero-order chi connectivity index (χ0) is 12.0. The number of hydrogen-bond donors (Lipinski definition) is 3. The SMILES string of the molecule is Nc1ccc2[nH]cc(C3=CC(=O)NC3=O)c2c1. The van der Waals surface area contributed by atoms with Crippen LogP contribution in [0, 0.1) is 0 Å². The van der Waals surface area contributed by atoms with E-state index in [2.05, 4.69) is 10.3 Å². The first-order chi connectivity index (χ1) is 8.15. The Morgan fingerprint density at radius 1 is 1.18 bits per heavy atom. The van der Waals surface area contributed by atoms with Gasteiger partial charge >= 0.3 is 0 Å². The number of nitrogens with two attached hydrogens (primary N) is 1. The highest BCUT2D eigenvalue weighted by atomic mass is 16.2. The number of carbonyl (C=O) groups excluding carboxylic acids is 2. The number of H-pyrrole nitrogens is 1. The molecule has 0 saturated carbocycles. The molecule has 3 rings (SSSR count). The predicted molar refractivity (Wildman–Crippen MR) is 63.8 cm³/mol. The number of fused-ring (bicyclic) bond motifs is 1. The monoisotopic (exact) mass is 227 g/mol. The van der Waals surface area contributed by atoms with Crippen molar-refractivity contribution in [1.82, 2.24) is 10.3 Å². The van der Waals surface area contributed by atoms with Gasteiger partial charge in [0.05, 0.1) is 5.57 Å². The number of rotatable bonds is 1. The molecule has 2 amide bonds. The van der Waals surface area contributed by atoms with E-state index in [0.29, 0.717) is 16.8 Å². The van der Waals surface area contributed by atoms with E-state index in [1.54, 1.807) is 18.3 Å². The van der Waals surface area contributed by atoms with Crippen molar-refractivity contribution < 1.29 is 9.59 Å². The lowest BCUT2D eigenvalue weighted by atomic mass is 10.1. The number of carbonyl (C=O) groups is 2. The molecule has 2 aromatic rings. The molecular formula is C12H9N3O2. The lowest BCUT2D eigenvalue weighted by molar-refractivity contribution is -0.123. The molecule has 1 aromatic carbocycles. The lowest BCUT2D eigenvalue weighted by Gasteiger charge is -1.99. The van der Waals surface area contributed by atoms with Crippen molar-refractivity contribution in [2.24, 2.45) is 0 Å². The molecule has 0 fully saturated rings. The van der Waals surface area contributed by atoms with E-state index < -0.39 is 0 Å². The quantitative estimate of drug-likeness (QED) is 0.497. The Hall–Kier alpha value is -2.56. The van der Waals surface area contributed by atoms with Crippen molar-refractivity contribution >= 4 is 34.0 Å². The molecule has 5 heteroatoms. The van der Waals surface area contributed by atoms with E-state index in [1.165, 1.54) is 6.08 Å². The third-order valence-corrected chi connectivity index (χ3v) is 2.75. The standard InChI is InChI=1S/C12H9N3O2/c13-6-1-2-10-7(3-6)9(5-14-10)8-4-11(16)15-12(8)17/h1-5,14H,13H2,(H,15,16,17). The number of benzene rings is 1. The van der Waals surface area contributed by atoms with Gasteiger partial charge in [0.1, 0.15) is 0 Å². The number of nitrogen functional groups attached to an aromatic ring is 1. The molecule has 0 radical (unpaired) electrons. The lowest BCUT2D eigenvalue weighted by Crippen LogP contribution is -2.21. The van der Waals surface area contributed by atoms with Crippen LogP contribution in [-0.4, -0.2) is 16.8 Å². The second-order valence-electron chi connectivity index (χ2n) is 3.88. The summed E-state index contributed by atoms with van der Waals surface area (Å²) in [6.07, 6.45) is 3.00. The van der Waals surface area contributed by atoms with Gasteiger partial charge in [0.15, 0.2) is 0 Å². The molecule has 4 N–H and O–H groups in total. The fourth-order valence-electron chi connectivity index (χ4n) is 1.97. The highest BCUT2D eigenvalue weighted by molar-refractivity contribution is 6.35. The Balaban J connectivity index is 2.25. The van der Waals surface area contributed by atoms with Crippen LogP contribution in [0.1, 0.15) is 5.56 Å². The van der Waals surface area contributed by atoms with Gasteiger partial charge in [0, 0.05) is 34.4 Å². The number of aromatic nitrogens is 1. The third-order valence-electron chi connectivity index (χ3n) is 2.75. The average molecular weight is 227 g/mol. The average Bonchev–Trinajstić information content (AvgIpc) is 2.81. The van der Waals surface area contributed by atoms with Gasteiger partial charge in [-0.25, -0.2) is 0 Å². The number of hydrogen-bond acceptors (Lipinski definition) is 3. The Labute approximate surface area is 96.3 Å². The molecule has 1 aromatic heterocycles. The zero-order valence-corrected chi connectivity index (χ0v) is 8.78. The fourth-order valence-corrected chi connectivity index (χ4v) is 1.97. The summed E-state index contributed by atoms with van der Waals surface area (Å²) < 4.78 is 0. The molecule has 0 saturated heterocycles. The van der Waals surface area contributed by atoms with Crippen LogP contribution in [0.5, 0.6) is 0 Å². The van der Waals surface area contributed by atoms with Crippen LogP contribution in [0.15, 0.2) is 30.5 Å². The highest BCUT2D eigenvalue weighted by Crippen LogP contribution is 2.28. The van der Waals surface area contributed by atoms with Crippen LogP contribution < -0.4 is 11.1 Å². The molecule has 17 heavy (non-hydrogen) atoms. The van der Waals surface area contributed by atoms with Gasteiger partial charge < -0.3 is 10.7 Å². The minimum Gasteiger partial charge on any atom is -0.399 e. The van der Waals surface area contributed by atoms with Crippen LogP contribution in [-0.2, 0) is 9.59 Å². The molecule has 0 aliphatic carbocycles. The van der Waals surface area contributed by atoms with Crippen LogP contribution in [0.25, 0.3) is 16.5 Å². The number of nitrogens with one attached hydrogen (secondary N) is 2. The van der Waals surface area contributed by atoms with Gasteiger partial charge in [-0.15, -0.1) is 0 Å². The van der Waals surface area contributed by atoms with Crippen LogP contribution in [0.4, 0.5) is 5.69 Å². The number of imide groups is 1. The van der Waals surface area contributed by atoms with Crippen molar-refractivity contribution in [2.45, 2.75) is 0 Å². The smallest absolute Gasteiger partial charge is 0.258 e. The molecule has 84 valence electrons. The molecule has 0 spiro atoms. The van der Waals surface area contributed by atoms with Crippen molar-refractivity contribution in [2.75, 3.05) is 5.73 Å². The minimum atomic E-state index is -0.386. The van der Waals surface area contributed by atoms with Gasteiger partial charge in [0.25, 0.3) is 11.8 Å². The van der Waals surface area contributed by atoms with Crippen molar-refractivity contribution in [1.29, 1.82) is 0 Å². The van der Waals surface area contributed by atoms with Crippen LogP contribution >= 0.6 is 0 Å². The molecule has 0 bridgehead atoms. The second-order valence-corrected chi connectivity index (χ2v) is 3.88. The summed E-state index contributed by atoms with van der Waals surface area (Å²) in [6.45, 7) is 0. The summed E-state index contributed by atoms with van der Waals surface area (Å²) in [5.74, 6) is -0.762. The largest absolute Gasteiger partial charge is 0.399 e. The van der Waals surface area contributed by atoms with Gasteiger partial charge in [-0.2, -0.15) is 0 Å². The van der Waals surface area contributed by atoms with E-state index >= 15 is 0 Å².